The fraction of sp³-hybridized carbons (Fsp3) is 0.714. The molecule has 4 heteroatoms. The van der Waals surface area contributed by atoms with Crippen LogP contribution in [0, 0.1) is 12.3 Å². The van der Waals surface area contributed by atoms with Gasteiger partial charge in [0.2, 0.25) is 5.91 Å². The molecule has 0 aromatic heterocycles. The first-order valence-corrected chi connectivity index (χ1v) is 3.58. The van der Waals surface area contributed by atoms with Gasteiger partial charge in [0.25, 0.3) is 0 Å². The van der Waals surface area contributed by atoms with Crippen LogP contribution in [0.5, 0.6) is 0 Å². The van der Waals surface area contributed by atoms with Crippen molar-refractivity contribution in [3.63, 3.8) is 0 Å². The van der Waals surface area contributed by atoms with E-state index in [0.717, 1.165) is 0 Å². The van der Waals surface area contributed by atoms with Gasteiger partial charge in [-0.1, -0.05) is 0 Å². The number of nitrogens with one attached hydrogen (secondary N) is 1. The van der Waals surface area contributed by atoms with Gasteiger partial charge in [-0.3, -0.25) is 4.79 Å². The third kappa shape index (κ3) is 1.52. The van der Waals surface area contributed by atoms with Gasteiger partial charge in [0.05, 0.1) is 18.1 Å². The summed E-state index contributed by atoms with van der Waals surface area (Å²) in [5.74, 6) is -0.694. The summed E-state index contributed by atoms with van der Waals surface area (Å²) in [6.45, 7) is 0. The average molecular weight is 158 g/mol. The fourth-order valence-electron chi connectivity index (χ4n) is 1.25. The number of aliphatic hydroxyl groups excluding tert-OH is 2. The van der Waals surface area contributed by atoms with E-state index < -0.39 is 18.1 Å². The van der Waals surface area contributed by atoms with E-state index in [-0.39, 0.29) is 5.91 Å². The quantitative estimate of drug-likeness (QED) is 0.443. The van der Waals surface area contributed by atoms with E-state index in [1.54, 1.807) is 6.42 Å². The predicted molar refractivity (Wildman–Crippen MR) is 38.5 cm³/mol. The summed E-state index contributed by atoms with van der Waals surface area (Å²) in [6, 6.07) is 0. The zero-order valence-corrected chi connectivity index (χ0v) is 6.32. The maximum atomic E-state index is 11.0. The summed E-state index contributed by atoms with van der Waals surface area (Å²) in [5.41, 5.74) is 0. The Balaban J connectivity index is 2.54. The topological polar surface area (TPSA) is 69.6 Å². The molecule has 1 rings (SSSR count). The summed E-state index contributed by atoms with van der Waals surface area (Å²) in [7, 11) is 1.51. The van der Waals surface area contributed by atoms with E-state index in [4.69, 9.17) is 5.11 Å². The Kier molecular flexibility index (Phi) is 2.46. The van der Waals surface area contributed by atoms with Crippen LogP contribution < -0.4 is 5.32 Å². The first-order chi connectivity index (χ1) is 5.16. The Labute approximate surface area is 65.2 Å². The monoisotopic (exact) mass is 158 g/mol. The lowest BCUT2D eigenvalue weighted by Gasteiger charge is -2.13. The normalized spacial score (nSPS) is 37.2. The Morgan fingerprint density at radius 1 is 1.64 bits per heavy atom. The van der Waals surface area contributed by atoms with Crippen molar-refractivity contribution in [2.24, 2.45) is 5.92 Å². The highest BCUT2D eigenvalue weighted by atomic mass is 16.3. The van der Waals surface area contributed by atoms with Crippen molar-refractivity contribution in [2.75, 3.05) is 7.05 Å². The molecule has 0 aromatic carbocycles. The third-order valence-electron chi connectivity index (χ3n) is 1.98. The van der Waals surface area contributed by atoms with Gasteiger partial charge in [-0.15, -0.1) is 0 Å². The van der Waals surface area contributed by atoms with Crippen molar-refractivity contribution in [1.29, 1.82) is 0 Å². The molecule has 1 fully saturated rings. The van der Waals surface area contributed by atoms with E-state index in [1.807, 2.05) is 0 Å². The van der Waals surface area contributed by atoms with Crippen LogP contribution in [0.2, 0.25) is 0 Å². The molecule has 3 unspecified atom stereocenters. The van der Waals surface area contributed by atoms with Crippen LogP contribution in [0.4, 0.5) is 0 Å². The molecule has 3 N–H and O–H groups in total. The van der Waals surface area contributed by atoms with Crippen LogP contribution in [0.3, 0.4) is 0 Å². The second-order valence-electron chi connectivity index (χ2n) is 2.67. The van der Waals surface area contributed by atoms with Crippen LogP contribution in [-0.4, -0.2) is 35.4 Å². The molecule has 11 heavy (non-hydrogen) atoms. The molecule has 1 radical (unpaired) electrons. The summed E-state index contributed by atoms with van der Waals surface area (Å²) >= 11 is 0. The van der Waals surface area contributed by atoms with Gasteiger partial charge in [-0.2, -0.15) is 0 Å². The molecular weight excluding hydrogens is 146 g/mol. The molecule has 1 aliphatic rings. The molecular formula is C7H12NO3. The highest BCUT2D eigenvalue weighted by Gasteiger charge is 2.37. The van der Waals surface area contributed by atoms with E-state index in [0.29, 0.717) is 6.42 Å². The maximum absolute atomic E-state index is 11.0. The van der Waals surface area contributed by atoms with Gasteiger partial charge in [0.15, 0.2) is 0 Å². The molecule has 0 heterocycles. The highest BCUT2D eigenvalue weighted by Crippen LogP contribution is 2.24. The zero-order chi connectivity index (χ0) is 8.43. The van der Waals surface area contributed by atoms with Gasteiger partial charge in [-0.05, 0) is 12.8 Å². The lowest BCUT2D eigenvalue weighted by molar-refractivity contribution is -0.128. The molecule has 0 aromatic rings. The summed E-state index contributed by atoms with van der Waals surface area (Å²) < 4.78 is 0. The van der Waals surface area contributed by atoms with Crippen LogP contribution in [0.1, 0.15) is 6.42 Å². The van der Waals surface area contributed by atoms with Crippen molar-refractivity contribution < 1.29 is 15.0 Å². The summed E-state index contributed by atoms with van der Waals surface area (Å²) in [6.07, 6.45) is 0.208. The van der Waals surface area contributed by atoms with Crippen LogP contribution in [0.15, 0.2) is 0 Å². The lowest BCUT2D eigenvalue weighted by Crippen LogP contribution is -2.35. The van der Waals surface area contributed by atoms with Crippen LogP contribution in [-0.2, 0) is 4.79 Å². The Bertz CT molecular complexity index is 160. The Morgan fingerprint density at radius 2 is 2.27 bits per heavy atom. The third-order valence-corrected chi connectivity index (χ3v) is 1.98. The van der Waals surface area contributed by atoms with Crippen molar-refractivity contribution in [3.8, 4) is 0 Å². The predicted octanol–water partition coefficient (Wildman–Crippen LogP) is -1.32. The standard InChI is InChI=1S/C7H12NO3/c1-8-7(11)4-2-3-5(9)6(4)10/h3-6,9-10H,2H2,1H3,(H,8,11). The number of carbonyl (C=O) groups excluding carboxylic acids is 1. The van der Waals surface area contributed by atoms with E-state index in [9.17, 15) is 9.90 Å². The van der Waals surface area contributed by atoms with E-state index in [1.165, 1.54) is 7.05 Å². The summed E-state index contributed by atoms with van der Waals surface area (Å²) in [5, 5.41) is 20.7. The van der Waals surface area contributed by atoms with Gasteiger partial charge < -0.3 is 15.5 Å². The first-order valence-electron chi connectivity index (χ1n) is 3.58. The van der Waals surface area contributed by atoms with Gasteiger partial charge in [0, 0.05) is 7.05 Å². The number of hydrogen-bond donors (Lipinski definition) is 3. The van der Waals surface area contributed by atoms with Gasteiger partial charge >= 0.3 is 0 Å². The molecule has 0 bridgehead atoms. The van der Waals surface area contributed by atoms with Crippen molar-refractivity contribution in [1.82, 2.24) is 5.32 Å². The SMILES string of the molecule is CNC(=O)C1C[CH]C(O)C1O. The zero-order valence-electron chi connectivity index (χ0n) is 6.32. The number of rotatable bonds is 1. The maximum Gasteiger partial charge on any atom is 0.225 e. The number of carbonyl (C=O) groups is 1. The molecule has 1 aliphatic carbocycles. The molecule has 0 aliphatic heterocycles. The molecule has 1 saturated carbocycles. The van der Waals surface area contributed by atoms with Gasteiger partial charge in [-0.25, -0.2) is 0 Å². The number of hydrogen-bond acceptors (Lipinski definition) is 3. The van der Waals surface area contributed by atoms with Gasteiger partial charge in [0.1, 0.15) is 0 Å². The van der Waals surface area contributed by atoms with Crippen LogP contribution >= 0.6 is 0 Å². The Morgan fingerprint density at radius 3 is 2.64 bits per heavy atom. The van der Waals surface area contributed by atoms with E-state index >= 15 is 0 Å². The largest absolute Gasteiger partial charge is 0.390 e. The molecule has 1 amide bonds. The molecule has 0 spiro atoms. The minimum Gasteiger partial charge on any atom is -0.390 e. The first kappa shape index (κ1) is 8.49. The lowest BCUT2D eigenvalue weighted by atomic mass is 10.1. The minimum absolute atomic E-state index is 0.217. The average Bonchev–Trinajstić information content (AvgIpc) is 2.32. The Hall–Kier alpha value is -0.610. The molecule has 3 atom stereocenters. The van der Waals surface area contributed by atoms with Crippen molar-refractivity contribution in [3.05, 3.63) is 6.42 Å². The van der Waals surface area contributed by atoms with Crippen molar-refractivity contribution in [2.45, 2.75) is 18.6 Å². The molecule has 0 saturated heterocycles. The minimum atomic E-state index is -0.935. The van der Waals surface area contributed by atoms with E-state index in [2.05, 4.69) is 5.32 Å². The second-order valence-corrected chi connectivity index (χ2v) is 2.67. The fourth-order valence-corrected chi connectivity index (χ4v) is 1.25. The van der Waals surface area contributed by atoms with Crippen molar-refractivity contribution >= 4 is 5.91 Å². The van der Waals surface area contributed by atoms with Crippen LogP contribution in [0.25, 0.3) is 0 Å². The number of amides is 1. The summed E-state index contributed by atoms with van der Waals surface area (Å²) in [4.78, 5) is 11.0. The molecule has 63 valence electrons. The molecule has 4 nitrogen and oxygen atoms in total. The number of aliphatic hydroxyl groups is 2. The smallest absolute Gasteiger partial charge is 0.225 e. The second kappa shape index (κ2) is 3.19. The highest BCUT2D eigenvalue weighted by molar-refractivity contribution is 5.79.